The van der Waals surface area contributed by atoms with E-state index in [2.05, 4.69) is 21.3 Å². The molecule has 5 aromatic rings. The molecule has 0 spiro atoms. The van der Waals surface area contributed by atoms with Gasteiger partial charge in [0.25, 0.3) is 5.56 Å². The fourth-order valence-corrected chi connectivity index (χ4v) is 7.53. The van der Waals surface area contributed by atoms with Gasteiger partial charge in [0.2, 0.25) is 11.8 Å². The zero-order chi connectivity index (χ0) is 43.5. The van der Waals surface area contributed by atoms with Crippen molar-refractivity contribution >= 4 is 40.6 Å². The highest BCUT2D eigenvalue weighted by molar-refractivity contribution is 5.99. The Balaban J connectivity index is 1.18. The summed E-state index contributed by atoms with van der Waals surface area (Å²) in [6.07, 6.45) is -0.242. The number of amides is 4. The van der Waals surface area contributed by atoms with Crippen molar-refractivity contribution in [3.63, 3.8) is 0 Å². The Labute approximate surface area is 356 Å². The fourth-order valence-electron chi connectivity index (χ4n) is 7.53. The summed E-state index contributed by atoms with van der Waals surface area (Å²) in [6, 6.07) is 30.1. The Morgan fingerprint density at radius 2 is 1.44 bits per heavy atom. The second-order valence-electron chi connectivity index (χ2n) is 16.1. The van der Waals surface area contributed by atoms with Gasteiger partial charge in [-0.05, 0) is 99.4 Å². The number of hydrogen-bond acceptors (Lipinski definition) is 8. The predicted octanol–water partition coefficient (Wildman–Crippen LogP) is 7.57. The van der Waals surface area contributed by atoms with Crippen molar-refractivity contribution in [2.75, 3.05) is 25.1 Å². The number of aryl methyl sites for hydroxylation is 2. The molecule has 1 aliphatic rings. The lowest BCUT2D eigenvalue weighted by molar-refractivity contribution is -0.129. The van der Waals surface area contributed by atoms with Gasteiger partial charge in [0.05, 0.1) is 18.7 Å². The van der Waals surface area contributed by atoms with Gasteiger partial charge in [-0.3, -0.25) is 14.4 Å². The van der Waals surface area contributed by atoms with Crippen LogP contribution in [0.4, 0.5) is 15.3 Å². The molecule has 0 radical (unpaired) electrons. The molecule has 13 nitrogen and oxygen atoms in total. The lowest BCUT2D eigenvalue weighted by Gasteiger charge is -2.24. The smallest absolute Gasteiger partial charge is 0.407 e. The van der Waals surface area contributed by atoms with Gasteiger partial charge in [-0.25, -0.2) is 9.59 Å². The molecule has 1 aromatic heterocycles. The lowest BCUT2D eigenvalue weighted by atomic mass is 9.98. The number of benzene rings is 4. The third-order valence-corrected chi connectivity index (χ3v) is 10.5. The Morgan fingerprint density at radius 1 is 0.770 bits per heavy atom. The molecule has 2 atom stereocenters. The van der Waals surface area contributed by atoms with Crippen LogP contribution >= 0.6 is 0 Å². The van der Waals surface area contributed by atoms with E-state index >= 15 is 0 Å². The summed E-state index contributed by atoms with van der Waals surface area (Å²) in [7, 11) is 0. The summed E-state index contributed by atoms with van der Waals surface area (Å²) in [5.41, 5.74) is 6.27. The van der Waals surface area contributed by atoms with Gasteiger partial charge in [-0.15, -0.1) is 0 Å². The molecule has 4 amide bonds. The number of aromatic nitrogens is 1. The molecular weight excluding hydrogens is 775 g/mol. The molecule has 6 rings (SSSR count). The number of unbranched alkanes of at least 4 members (excludes halogenated alkanes) is 1. The van der Waals surface area contributed by atoms with Gasteiger partial charge in [0, 0.05) is 36.1 Å². The van der Waals surface area contributed by atoms with Crippen LogP contribution in [0.3, 0.4) is 0 Å². The number of alkyl carbamates (subject to hydrolysis) is 2. The van der Waals surface area contributed by atoms with Crippen LogP contribution in [0.15, 0.2) is 108 Å². The Morgan fingerprint density at radius 3 is 2.11 bits per heavy atom. The number of ether oxygens (including phenoxy) is 3. The number of carbonyl (C=O) groups excluding carboxylic acids is 4. The maximum absolute atomic E-state index is 14.2. The summed E-state index contributed by atoms with van der Waals surface area (Å²) in [5.74, 6) is -1.35. The van der Waals surface area contributed by atoms with Crippen molar-refractivity contribution in [1.29, 1.82) is 0 Å². The molecule has 0 fully saturated rings. The van der Waals surface area contributed by atoms with Gasteiger partial charge in [-0.1, -0.05) is 84.9 Å². The van der Waals surface area contributed by atoms with Gasteiger partial charge in [0.15, 0.2) is 0 Å². The number of rotatable bonds is 17. The average molecular weight is 830 g/mol. The van der Waals surface area contributed by atoms with E-state index in [-0.39, 0.29) is 44.3 Å². The number of hydrogen-bond donors (Lipinski definition) is 4. The minimum Gasteiger partial charge on any atom is -0.449 e. The minimum absolute atomic E-state index is 0.0403. The van der Waals surface area contributed by atoms with Gasteiger partial charge in [0.1, 0.15) is 24.3 Å². The van der Waals surface area contributed by atoms with Crippen LogP contribution in [0.1, 0.15) is 75.1 Å². The van der Waals surface area contributed by atoms with Crippen molar-refractivity contribution in [3.05, 3.63) is 136 Å². The average Bonchev–Trinajstić information content (AvgIpc) is 3.55. The minimum atomic E-state index is -1.23. The van der Waals surface area contributed by atoms with Crippen LogP contribution in [0.25, 0.3) is 22.0 Å². The molecule has 0 saturated carbocycles. The summed E-state index contributed by atoms with van der Waals surface area (Å²) in [4.78, 5) is 66.8. The Hall–Kier alpha value is -6.47. The number of nitrogens with one attached hydrogen (secondary N) is 4. The Bertz CT molecular complexity index is 2360. The highest BCUT2D eigenvalue weighted by Gasteiger charge is 2.31. The molecule has 1 aliphatic carbocycles. The molecule has 0 unspecified atom stereocenters. The number of pyridine rings is 1. The van der Waals surface area contributed by atoms with E-state index in [1.807, 2.05) is 98.8 Å². The van der Waals surface area contributed by atoms with Crippen LogP contribution in [0, 0.1) is 6.92 Å². The van der Waals surface area contributed by atoms with Crippen LogP contribution in [0.2, 0.25) is 0 Å². The van der Waals surface area contributed by atoms with Crippen molar-refractivity contribution in [2.24, 2.45) is 0 Å². The first kappa shape index (κ1) is 44.1. The third-order valence-electron chi connectivity index (χ3n) is 10.5. The Kier molecular flexibility index (Phi) is 14.6. The predicted molar refractivity (Wildman–Crippen MR) is 235 cm³/mol. The first-order chi connectivity index (χ1) is 29.3. The topological polar surface area (TPSA) is 166 Å². The van der Waals surface area contributed by atoms with Gasteiger partial charge in [-0.2, -0.15) is 0 Å². The first-order valence-corrected chi connectivity index (χ1v) is 20.8. The normalized spacial score (nSPS) is 13.1. The van der Waals surface area contributed by atoms with Crippen molar-refractivity contribution < 1.29 is 33.4 Å². The quantitative estimate of drug-likeness (QED) is 0.0697. The third kappa shape index (κ3) is 11.6. The summed E-state index contributed by atoms with van der Waals surface area (Å²) >= 11 is 0. The summed E-state index contributed by atoms with van der Waals surface area (Å²) in [6.45, 7) is 9.80. The summed E-state index contributed by atoms with van der Waals surface area (Å²) < 4.78 is 18.7. The van der Waals surface area contributed by atoms with Crippen LogP contribution < -0.4 is 26.8 Å². The maximum atomic E-state index is 14.2. The maximum Gasteiger partial charge on any atom is 0.407 e. The molecule has 4 N–H and O–H groups in total. The SMILES string of the molecule is CCn1c(=O)cc(C)c2ccc(NC(=O)[C@H](CCCCNC(=O)OC(C)(C)C)NC(=O)[C@H](COCc3ccccc3)NC(=O)OCC3c4ccccc4-c4ccccc43)cc21. The lowest BCUT2D eigenvalue weighted by Crippen LogP contribution is -2.54. The van der Waals surface area contributed by atoms with E-state index in [0.29, 0.717) is 30.6 Å². The number of nitrogens with zero attached hydrogens (tertiary/aromatic N) is 1. The van der Waals surface area contributed by atoms with E-state index in [1.165, 1.54) is 0 Å². The van der Waals surface area contributed by atoms with E-state index in [1.54, 1.807) is 43.5 Å². The van der Waals surface area contributed by atoms with E-state index in [9.17, 15) is 24.0 Å². The molecule has 0 aliphatic heterocycles. The zero-order valence-corrected chi connectivity index (χ0v) is 35.4. The molecule has 0 saturated heterocycles. The second kappa shape index (κ2) is 20.2. The number of fused-ring (bicyclic) bond motifs is 4. The van der Waals surface area contributed by atoms with Crippen molar-refractivity contribution in [3.8, 4) is 11.1 Å². The second-order valence-corrected chi connectivity index (χ2v) is 16.1. The summed E-state index contributed by atoms with van der Waals surface area (Å²) in [5, 5.41) is 12.1. The molecule has 13 heteroatoms. The first-order valence-electron chi connectivity index (χ1n) is 20.8. The van der Waals surface area contributed by atoms with Gasteiger partial charge < -0.3 is 40.0 Å². The van der Waals surface area contributed by atoms with Crippen molar-refractivity contribution in [2.45, 2.75) is 90.6 Å². The fraction of sp³-hybridized carbons (Fsp3) is 0.354. The standard InChI is InChI=1S/C48H55N5O8/c1-6-53-42-27-33(23-24-34(42)31(2)26-43(53)54)50-44(55)40(22-14-15-25-49-46(57)61-48(3,4)5)51-45(56)41(30-59-28-32-16-8-7-9-17-32)52-47(58)60-29-39-37-20-12-10-18-35(37)36-19-11-13-21-38(36)39/h7-13,16-21,23-24,26-27,39-41H,6,14-15,22,25,28-30H2,1-5H3,(H,49,57)(H,50,55)(H,51,56)(H,52,58)/t40-,41-/m0/s1. The van der Waals surface area contributed by atoms with Crippen molar-refractivity contribution in [1.82, 2.24) is 20.5 Å². The van der Waals surface area contributed by atoms with E-state index < -0.39 is 41.7 Å². The van der Waals surface area contributed by atoms with E-state index in [0.717, 1.165) is 38.8 Å². The van der Waals surface area contributed by atoms with Crippen LogP contribution in [0.5, 0.6) is 0 Å². The van der Waals surface area contributed by atoms with E-state index in [4.69, 9.17) is 14.2 Å². The monoisotopic (exact) mass is 829 g/mol. The van der Waals surface area contributed by atoms with Crippen LogP contribution in [-0.2, 0) is 37.0 Å². The molecule has 1 heterocycles. The van der Waals surface area contributed by atoms with Crippen LogP contribution in [-0.4, -0.2) is 66.0 Å². The molecule has 61 heavy (non-hydrogen) atoms. The number of anilines is 1. The van der Waals surface area contributed by atoms with Gasteiger partial charge >= 0.3 is 12.2 Å². The largest absolute Gasteiger partial charge is 0.449 e. The molecular formula is C48H55N5O8. The molecule has 320 valence electrons. The highest BCUT2D eigenvalue weighted by Crippen LogP contribution is 2.44. The number of carbonyl (C=O) groups is 4. The highest BCUT2D eigenvalue weighted by atomic mass is 16.6. The molecule has 0 bridgehead atoms. The molecule has 4 aromatic carbocycles. The zero-order valence-electron chi connectivity index (χ0n) is 35.4.